The lowest BCUT2D eigenvalue weighted by Crippen LogP contribution is -2.08. The molecule has 0 fully saturated rings. The van der Waals surface area contributed by atoms with Crippen molar-refractivity contribution in [2.24, 2.45) is 0 Å². The quantitative estimate of drug-likeness (QED) is 0.702. The average Bonchev–Trinajstić information content (AvgIpc) is 2.95. The largest absolute Gasteiger partial charge is 0.315 e. The van der Waals surface area contributed by atoms with Crippen LogP contribution in [0.4, 0.5) is 0 Å². The number of hydrogen-bond acceptors (Lipinski definition) is 2. The molecule has 110 valence electrons. The Balaban J connectivity index is 2.01. The number of benzene rings is 2. The van der Waals surface area contributed by atoms with E-state index in [1.807, 2.05) is 0 Å². The van der Waals surface area contributed by atoms with Crippen LogP contribution in [0.25, 0.3) is 10.8 Å². The van der Waals surface area contributed by atoms with Gasteiger partial charge in [0, 0.05) is 6.42 Å². The molecule has 22 heavy (non-hydrogen) atoms. The van der Waals surface area contributed by atoms with Crippen molar-refractivity contribution in [3.8, 4) is 6.07 Å². The van der Waals surface area contributed by atoms with Gasteiger partial charge in [-0.05, 0) is 22.8 Å². The van der Waals surface area contributed by atoms with Gasteiger partial charge >= 0.3 is 0 Å². The van der Waals surface area contributed by atoms with Gasteiger partial charge in [0.15, 0.2) is 0 Å². The zero-order chi connectivity index (χ0) is 15.4. The van der Waals surface area contributed by atoms with Gasteiger partial charge < -0.3 is 4.57 Å². The molecule has 1 aromatic heterocycles. The van der Waals surface area contributed by atoms with Gasteiger partial charge in [0.1, 0.15) is 17.6 Å². The number of nitriles is 1. The smallest absolute Gasteiger partial charge is 0.140 e. The molecule has 0 radical (unpaired) electrons. The standard InChI is InChI=1S/C19H19N3/c1-2-3-11-19-21-13-17(12-20)22(19)14-16-9-6-8-15-7-4-5-10-18(15)16/h4-10,13H,2-3,11,14H2,1H3. The molecule has 0 atom stereocenters. The highest BCUT2D eigenvalue weighted by Crippen LogP contribution is 2.21. The predicted octanol–water partition coefficient (Wildman–Crippen LogP) is 4.30. The highest BCUT2D eigenvalue weighted by molar-refractivity contribution is 5.85. The lowest BCUT2D eigenvalue weighted by atomic mass is 10.0. The molecule has 0 amide bonds. The van der Waals surface area contributed by atoms with E-state index in [0.29, 0.717) is 12.2 Å². The van der Waals surface area contributed by atoms with E-state index in [4.69, 9.17) is 0 Å². The number of hydrogen-bond donors (Lipinski definition) is 0. The number of aromatic nitrogens is 2. The normalized spacial score (nSPS) is 10.7. The summed E-state index contributed by atoms with van der Waals surface area (Å²) in [6.07, 6.45) is 4.83. The van der Waals surface area contributed by atoms with Crippen LogP contribution in [-0.2, 0) is 13.0 Å². The molecule has 0 aliphatic carbocycles. The summed E-state index contributed by atoms with van der Waals surface area (Å²) in [5.74, 6) is 1.01. The first kappa shape index (κ1) is 14.3. The molecule has 3 heteroatoms. The number of aryl methyl sites for hydroxylation is 1. The Morgan fingerprint density at radius 2 is 1.95 bits per heavy atom. The SMILES string of the molecule is CCCCc1ncc(C#N)n1Cc1cccc2ccccc12. The summed E-state index contributed by atoms with van der Waals surface area (Å²) in [6.45, 7) is 2.87. The van der Waals surface area contributed by atoms with Crippen LogP contribution in [-0.4, -0.2) is 9.55 Å². The van der Waals surface area contributed by atoms with Crippen LogP contribution < -0.4 is 0 Å². The zero-order valence-electron chi connectivity index (χ0n) is 12.8. The van der Waals surface area contributed by atoms with Crippen LogP contribution in [0.5, 0.6) is 0 Å². The van der Waals surface area contributed by atoms with Crippen LogP contribution >= 0.6 is 0 Å². The summed E-state index contributed by atoms with van der Waals surface area (Å²) < 4.78 is 2.05. The Morgan fingerprint density at radius 1 is 1.14 bits per heavy atom. The van der Waals surface area contributed by atoms with Crippen molar-refractivity contribution in [1.82, 2.24) is 9.55 Å². The topological polar surface area (TPSA) is 41.6 Å². The van der Waals surface area contributed by atoms with E-state index >= 15 is 0 Å². The predicted molar refractivity (Wildman–Crippen MR) is 88.6 cm³/mol. The van der Waals surface area contributed by atoms with Crippen LogP contribution in [0, 0.1) is 11.3 Å². The molecular formula is C19H19N3. The Hall–Kier alpha value is -2.60. The third kappa shape index (κ3) is 2.73. The minimum absolute atomic E-state index is 0.638. The molecule has 3 aromatic rings. The van der Waals surface area contributed by atoms with Gasteiger partial charge in [-0.2, -0.15) is 5.26 Å². The van der Waals surface area contributed by atoms with Gasteiger partial charge in [-0.25, -0.2) is 4.98 Å². The summed E-state index contributed by atoms with van der Waals surface area (Å²) in [5.41, 5.74) is 1.87. The first-order chi connectivity index (χ1) is 10.8. The van der Waals surface area contributed by atoms with Crippen molar-refractivity contribution < 1.29 is 0 Å². The third-order valence-electron chi connectivity index (χ3n) is 4.02. The molecule has 3 rings (SSSR count). The molecule has 1 heterocycles. The van der Waals surface area contributed by atoms with Crippen LogP contribution in [0.2, 0.25) is 0 Å². The van der Waals surface area contributed by atoms with Crippen molar-refractivity contribution in [2.75, 3.05) is 0 Å². The minimum atomic E-state index is 0.638. The molecule has 0 unspecified atom stereocenters. The van der Waals surface area contributed by atoms with E-state index < -0.39 is 0 Å². The minimum Gasteiger partial charge on any atom is -0.315 e. The van der Waals surface area contributed by atoms with Crippen molar-refractivity contribution in [3.63, 3.8) is 0 Å². The van der Waals surface area contributed by atoms with E-state index in [-0.39, 0.29) is 0 Å². The molecule has 3 nitrogen and oxygen atoms in total. The maximum atomic E-state index is 9.34. The maximum absolute atomic E-state index is 9.34. The third-order valence-corrected chi connectivity index (χ3v) is 4.02. The first-order valence-corrected chi connectivity index (χ1v) is 7.74. The summed E-state index contributed by atoms with van der Waals surface area (Å²) in [5, 5.41) is 11.8. The van der Waals surface area contributed by atoms with Gasteiger partial charge in [0.25, 0.3) is 0 Å². The summed E-state index contributed by atoms with van der Waals surface area (Å²) in [7, 11) is 0. The molecule has 0 saturated carbocycles. The average molecular weight is 289 g/mol. The fraction of sp³-hybridized carbons (Fsp3) is 0.263. The Labute approximate surface area is 130 Å². The summed E-state index contributed by atoms with van der Waals surface area (Å²) in [4.78, 5) is 4.44. The summed E-state index contributed by atoms with van der Waals surface area (Å²) >= 11 is 0. The van der Waals surface area contributed by atoms with Crippen LogP contribution in [0.1, 0.15) is 36.8 Å². The van der Waals surface area contributed by atoms with Crippen molar-refractivity contribution in [3.05, 3.63) is 65.7 Å². The first-order valence-electron chi connectivity index (χ1n) is 7.74. The second-order valence-corrected chi connectivity index (χ2v) is 5.50. The van der Waals surface area contributed by atoms with E-state index in [1.165, 1.54) is 16.3 Å². The molecule has 0 saturated heterocycles. The van der Waals surface area contributed by atoms with E-state index in [9.17, 15) is 5.26 Å². The number of nitrogens with zero attached hydrogens (tertiary/aromatic N) is 3. The summed E-state index contributed by atoms with van der Waals surface area (Å²) in [6, 6.07) is 17.0. The number of rotatable bonds is 5. The lowest BCUT2D eigenvalue weighted by molar-refractivity contribution is 0.675. The van der Waals surface area contributed by atoms with Crippen LogP contribution in [0.3, 0.4) is 0 Å². The number of imidazole rings is 1. The molecule has 0 N–H and O–H groups in total. The lowest BCUT2D eigenvalue weighted by Gasteiger charge is -2.11. The molecule has 0 aliphatic heterocycles. The second-order valence-electron chi connectivity index (χ2n) is 5.50. The second kappa shape index (κ2) is 6.44. The highest BCUT2D eigenvalue weighted by Gasteiger charge is 2.11. The Kier molecular flexibility index (Phi) is 4.20. The van der Waals surface area contributed by atoms with Crippen molar-refractivity contribution in [1.29, 1.82) is 5.26 Å². The van der Waals surface area contributed by atoms with E-state index in [0.717, 1.165) is 25.1 Å². The van der Waals surface area contributed by atoms with E-state index in [2.05, 4.69) is 65.0 Å². The van der Waals surface area contributed by atoms with E-state index in [1.54, 1.807) is 6.20 Å². The van der Waals surface area contributed by atoms with Gasteiger partial charge in [-0.15, -0.1) is 0 Å². The van der Waals surface area contributed by atoms with Crippen molar-refractivity contribution in [2.45, 2.75) is 32.7 Å². The Bertz CT molecular complexity index is 819. The fourth-order valence-electron chi connectivity index (χ4n) is 2.81. The fourth-order valence-corrected chi connectivity index (χ4v) is 2.81. The van der Waals surface area contributed by atoms with Crippen molar-refractivity contribution >= 4 is 10.8 Å². The number of fused-ring (bicyclic) bond motifs is 1. The van der Waals surface area contributed by atoms with Gasteiger partial charge in [0.2, 0.25) is 0 Å². The highest BCUT2D eigenvalue weighted by atomic mass is 15.1. The molecule has 2 aromatic carbocycles. The van der Waals surface area contributed by atoms with Gasteiger partial charge in [0.05, 0.1) is 12.7 Å². The molecular weight excluding hydrogens is 270 g/mol. The molecule has 0 bridgehead atoms. The molecule has 0 aliphatic rings. The zero-order valence-corrected chi connectivity index (χ0v) is 12.8. The maximum Gasteiger partial charge on any atom is 0.140 e. The number of unbranched alkanes of at least 4 members (excludes halogenated alkanes) is 1. The van der Waals surface area contributed by atoms with Gasteiger partial charge in [-0.1, -0.05) is 55.8 Å². The molecule has 0 spiro atoms. The Morgan fingerprint density at radius 3 is 2.77 bits per heavy atom. The van der Waals surface area contributed by atoms with Gasteiger partial charge in [-0.3, -0.25) is 0 Å². The monoisotopic (exact) mass is 289 g/mol. The van der Waals surface area contributed by atoms with Crippen LogP contribution in [0.15, 0.2) is 48.7 Å².